The van der Waals surface area contributed by atoms with Crippen molar-refractivity contribution >= 4 is 28.4 Å². The van der Waals surface area contributed by atoms with E-state index in [0.717, 1.165) is 33.4 Å². The molecule has 1 aliphatic rings. The minimum atomic E-state index is -0.0927. The number of hydrogen-bond acceptors (Lipinski definition) is 2. The van der Waals surface area contributed by atoms with Crippen LogP contribution in [0.5, 0.6) is 0 Å². The Morgan fingerprint density at radius 3 is 2.64 bits per heavy atom. The lowest BCUT2D eigenvalue weighted by molar-refractivity contribution is -0.121. The van der Waals surface area contributed by atoms with Crippen molar-refractivity contribution in [2.45, 2.75) is 33.7 Å². The molecule has 1 aromatic heterocycles. The summed E-state index contributed by atoms with van der Waals surface area (Å²) in [5, 5.41) is 1.06. The van der Waals surface area contributed by atoms with Gasteiger partial charge in [-0.15, -0.1) is 0 Å². The molecule has 1 N–H and O–H groups in total. The highest BCUT2D eigenvalue weighted by Crippen LogP contribution is 2.25. The summed E-state index contributed by atoms with van der Waals surface area (Å²) in [7, 11) is 0. The number of aromatic nitrogens is 1. The molecule has 4 rings (SSSR count). The van der Waals surface area contributed by atoms with Crippen LogP contribution >= 0.6 is 0 Å². The molecule has 5 heteroatoms. The van der Waals surface area contributed by atoms with Crippen molar-refractivity contribution < 1.29 is 9.59 Å². The largest absolute Gasteiger partial charge is 0.358 e. The minimum absolute atomic E-state index is 0.0493. The summed E-state index contributed by atoms with van der Waals surface area (Å²) in [6, 6.07) is 13.6. The van der Waals surface area contributed by atoms with E-state index in [0.29, 0.717) is 12.1 Å². The molecule has 0 saturated carbocycles. The standard InChI is InChI=1S/C23H25N3O2/c1-14-6-5-7-19(10-14)26-12-15(2)25(13-22(26)27)23(28)18-8-9-21-20(11-18)16(3)17(4)24-21/h5-11,15,24H,12-13H2,1-4H3/t15-/m0/s1. The summed E-state index contributed by atoms with van der Waals surface area (Å²) in [6.07, 6.45) is 0. The third-order valence-corrected chi connectivity index (χ3v) is 5.71. The van der Waals surface area contributed by atoms with Gasteiger partial charge in [-0.3, -0.25) is 9.59 Å². The zero-order chi connectivity index (χ0) is 20.0. The highest BCUT2D eigenvalue weighted by Gasteiger charge is 2.33. The van der Waals surface area contributed by atoms with Gasteiger partial charge in [-0.1, -0.05) is 12.1 Å². The number of anilines is 1. The lowest BCUT2D eigenvalue weighted by Gasteiger charge is -2.39. The van der Waals surface area contributed by atoms with Crippen molar-refractivity contribution in [2.75, 3.05) is 18.0 Å². The Balaban J connectivity index is 1.59. The smallest absolute Gasteiger partial charge is 0.254 e. The fraction of sp³-hybridized carbons (Fsp3) is 0.304. The minimum Gasteiger partial charge on any atom is -0.358 e. The maximum atomic E-state index is 13.2. The highest BCUT2D eigenvalue weighted by molar-refractivity contribution is 6.03. The van der Waals surface area contributed by atoms with E-state index in [1.54, 1.807) is 9.80 Å². The molecule has 2 heterocycles. The third kappa shape index (κ3) is 3.07. The van der Waals surface area contributed by atoms with Crippen LogP contribution < -0.4 is 4.90 Å². The number of carbonyl (C=O) groups is 2. The number of nitrogens with zero attached hydrogens (tertiary/aromatic N) is 2. The molecule has 3 aromatic rings. The number of rotatable bonds is 2. The van der Waals surface area contributed by atoms with Gasteiger partial charge in [-0.2, -0.15) is 0 Å². The topological polar surface area (TPSA) is 56.4 Å². The number of benzene rings is 2. The number of hydrogen-bond donors (Lipinski definition) is 1. The summed E-state index contributed by atoms with van der Waals surface area (Å²) in [5.41, 5.74) is 5.91. The Morgan fingerprint density at radius 2 is 1.89 bits per heavy atom. The number of nitrogens with one attached hydrogen (secondary N) is 1. The van der Waals surface area contributed by atoms with Gasteiger partial charge in [0.2, 0.25) is 5.91 Å². The van der Waals surface area contributed by atoms with Crippen LogP contribution in [-0.2, 0) is 4.79 Å². The maximum absolute atomic E-state index is 13.2. The first-order valence-electron chi connectivity index (χ1n) is 9.62. The van der Waals surface area contributed by atoms with Gasteiger partial charge in [0.25, 0.3) is 5.91 Å². The summed E-state index contributed by atoms with van der Waals surface area (Å²) >= 11 is 0. The average Bonchev–Trinajstić information content (AvgIpc) is 2.96. The van der Waals surface area contributed by atoms with Crippen LogP contribution in [0.1, 0.15) is 34.1 Å². The first kappa shape index (κ1) is 18.3. The van der Waals surface area contributed by atoms with Gasteiger partial charge >= 0.3 is 0 Å². The van der Waals surface area contributed by atoms with E-state index < -0.39 is 0 Å². The van der Waals surface area contributed by atoms with Gasteiger partial charge < -0.3 is 14.8 Å². The molecule has 1 saturated heterocycles. The lowest BCUT2D eigenvalue weighted by atomic mass is 10.1. The van der Waals surface area contributed by atoms with E-state index in [1.165, 1.54) is 0 Å². The molecule has 0 radical (unpaired) electrons. The summed E-state index contributed by atoms with van der Waals surface area (Å²) in [4.78, 5) is 32.8. The predicted molar refractivity (Wildman–Crippen MR) is 112 cm³/mol. The molecular formula is C23H25N3O2. The molecule has 5 nitrogen and oxygen atoms in total. The number of amides is 2. The number of aryl methyl sites for hydroxylation is 3. The molecule has 0 unspecified atom stereocenters. The third-order valence-electron chi connectivity index (χ3n) is 5.71. The first-order valence-corrected chi connectivity index (χ1v) is 9.62. The van der Waals surface area contributed by atoms with Crippen LogP contribution in [-0.4, -0.2) is 40.8 Å². The van der Waals surface area contributed by atoms with Crippen LogP contribution in [0.3, 0.4) is 0 Å². The number of carbonyl (C=O) groups excluding carboxylic acids is 2. The van der Waals surface area contributed by atoms with Crippen molar-refractivity contribution in [1.29, 1.82) is 0 Å². The molecule has 1 aliphatic heterocycles. The molecule has 0 aliphatic carbocycles. The summed E-state index contributed by atoms with van der Waals surface area (Å²) in [6.45, 7) is 8.68. The predicted octanol–water partition coefficient (Wildman–Crippen LogP) is 3.97. The molecular weight excluding hydrogens is 350 g/mol. The van der Waals surface area contributed by atoms with Gasteiger partial charge in [0.05, 0.1) is 0 Å². The van der Waals surface area contributed by atoms with Gasteiger partial charge in [-0.05, 0) is 69.2 Å². The summed E-state index contributed by atoms with van der Waals surface area (Å²) in [5.74, 6) is -0.142. The van der Waals surface area contributed by atoms with Gasteiger partial charge in [0.15, 0.2) is 0 Å². The number of piperazine rings is 1. The van der Waals surface area contributed by atoms with Gasteiger partial charge in [0.1, 0.15) is 6.54 Å². The Hall–Kier alpha value is -3.08. The number of fused-ring (bicyclic) bond motifs is 1. The monoisotopic (exact) mass is 375 g/mol. The SMILES string of the molecule is Cc1cccc(N2C[C@H](C)N(C(=O)c3ccc4[nH]c(C)c(C)c4c3)CC2=O)c1. The molecule has 0 spiro atoms. The zero-order valence-corrected chi connectivity index (χ0v) is 16.7. The van der Waals surface area contributed by atoms with Crippen LogP contribution in [0.15, 0.2) is 42.5 Å². The molecule has 144 valence electrons. The summed E-state index contributed by atoms with van der Waals surface area (Å²) < 4.78 is 0. The molecule has 2 aromatic carbocycles. The number of aromatic amines is 1. The van der Waals surface area contributed by atoms with Crippen molar-refractivity contribution in [3.8, 4) is 0 Å². The van der Waals surface area contributed by atoms with E-state index in [4.69, 9.17) is 0 Å². The van der Waals surface area contributed by atoms with Crippen LogP contribution in [0.4, 0.5) is 5.69 Å². The second-order valence-corrected chi connectivity index (χ2v) is 7.76. The Morgan fingerprint density at radius 1 is 1.11 bits per heavy atom. The van der Waals surface area contributed by atoms with Gasteiger partial charge in [0, 0.05) is 40.4 Å². The van der Waals surface area contributed by atoms with Crippen molar-refractivity contribution in [3.63, 3.8) is 0 Å². The first-order chi connectivity index (χ1) is 13.3. The fourth-order valence-corrected chi connectivity index (χ4v) is 3.93. The van der Waals surface area contributed by atoms with E-state index in [-0.39, 0.29) is 24.4 Å². The van der Waals surface area contributed by atoms with Gasteiger partial charge in [-0.25, -0.2) is 0 Å². The molecule has 0 bridgehead atoms. The van der Waals surface area contributed by atoms with Crippen molar-refractivity contribution in [3.05, 3.63) is 64.8 Å². The number of H-pyrrole nitrogens is 1. The van der Waals surface area contributed by atoms with Crippen LogP contribution in [0, 0.1) is 20.8 Å². The molecule has 1 fully saturated rings. The van der Waals surface area contributed by atoms with E-state index in [2.05, 4.69) is 11.9 Å². The highest BCUT2D eigenvalue weighted by atomic mass is 16.2. The van der Waals surface area contributed by atoms with E-state index in [1.807, 2.05) is 63.2 Å². The zero-order valence-electron chi connectivity index (χ0n) is 16.7. The Bertz CT molecular complexity index is 1080. The molecule has 1 atom stereocenters. The average molecular weight is 375 g/mol. The maximum Gasteiger partial charge on any atom is 0.254 e. The second-order valence-electron chi connectivity index (χ2n) is 7.76. The van der Waals surface area contributed by atoms with Crippen LogP contribution in [0.25, 0.3) is 10.9 Å². The fourth-order valence-electron chi connectivity index (χ4n) is 3.93. The molecule has 2 amide bonds. The van der Waals surface area contributed by atoms with E-state index >= 15 is 0 Å². The Labute approximate surface area is 165 Å². The van der Waals surface area contributed by atoms with Crippen molar-refractivity contribution in [1.82, 2.24) is 9.88 Å². The second kappa shape index (κ2) is 6.82. The molecule has 28 heavy (non-hydrogen) atoms. The van der Waals surface area contributed by atoms with Crippen molar-refractivity contribution in [2.24, 2.45) is 0 Å². The van der Waals surface area contributed by atoms with E-state index in [9.17, 15) is 9.59 Å². The van der Waals surface area contributed by atoms with Crippen LogP contribution in [0.2, 0.25) is 0 Å². The Kier molecular flexibility index (Phi) is 4.46. The normalized spacial score (nSPS) is 17.4. The lowest BCUT2D eigenvalue weighted by Crippen LogP contribution is -2.57. The quantitative estimate of drug-likeness (QED) is 0.737.